The zero-order chi connectivity index (χ0) is 18.0. The Hall–Kier alpha value is -2.64. The summed E-state index contributed by atoms with van der Waals surface area (Å²) in [6, 6.07) is 15.3. The van der Waals surface area contributed by atoms with Crippen LogP contribution in [0.15, 0.2) is 60.9 Å². The Balaban J connectivity index is 1.88. The third-order valence-corrected chi connectivity index (χ3v) is 5.26. The van der Waals surface area contributed by atoms with E-state index in [4.69, 9.17) is 0 Å². The molecule has 2 aromatic carbocycles. The van der Waals surface area contributed by atoms with E-state index in [1.807, 2.05) is 49.5 Å². The van der Waals surface area contributed by atoms with Crippen LogP contribution in [0, 0.1) is 6.92 Å². The number of aromatic nitrogens is 2. The lowest BCUT2D eigenvalue weighted by atomic mass is 10.1. The zero-order valence-corrected chi connectivity index (χ0v) is 15.2. The fraction of sp³-hybridized carbons (Fsp3) is 0.167. The number of nitrogens with one attached hydrogen (secondary N) is 1. The molecule has 0 amide bonds. The second-order valence-corrected chi connectivity index (χ2v) is 7.86. The molecule has 0 aliphatic heterocycles. The molecule has 0 radical (unpaired) electrons. The highest BCUT2D eigenvalue weighted by molar-refractivity contribution is 7.90. The lowest BCUT2D eigenvalue weighted by molar-refractivity contribution is 0.527. The van der Waals surface area contributed by atoms with Crippen molar-refractivity contribution in [1.82, 2.24) is 14.1 Å². The van der Waals surface area contributed by atoms with Crippen LogP contribution in [-0.2, 0) is 10.2 Å². The highest BCUT2D eigenvalue weighted by Crippen LogP contribution is 2.24. The van der Waals surface area contributed by atoms with Crippen molar-refractivity contribution in [3.05, 3.63) is 66.5 Å². The molecule has 0 aliphatic rings. The lowest BCUT2D eigenvalue weighted by Gasteiger charge is -2.13. The number of rotatable bonds is 5. The predicted octanol–water partition coefficient (Wildman–Crippen LogP) is 3.07. The molecule has 6 nitrogen and oxygen atoms in total. The van der Waals surface area contributed by atoms with E-state index in [1.165, 1.54) is 19.7 Å². The summed E-state index contributed by atoms with van der Waals surface area (Å²) in [6.07, 6.45) is 3.68. The molecule has 130 valence electrons. The molecule has 25 heavy (non-hydrogen) atoms. The summed E-state index contributed by atoms with van der Waals surface area (Å²) in [7, 11) is -0.562. The maximum absolute atomic E-state index is 12.0. The van der Waals surface area contributed by atoms with Crippen LogP contribution in [0.5, 0.6) is 0 Å². The van der Waals surface area contributed by atoms with Crippen molar-refractivity contribution in [2.75, 3.05) is 18.8 Å². The average Bonchev–Trinajstić information content (AvgIpc) is 3.05. The molecule has 1 aromatic heterocycles. The number of anilines is 1. The van der Waals surface area contributed by atoms with E-state index in [9.17, 15) is 8.42 Å². The van der Waals surface area contributed by atoms with Crippen molar-refractivity contribution >= 4 is 15.9 Å². The van der Waals surface area contributed by atoms with Gasteiger partial charge in [0.2, 0.25) is 0 Å². The first-order chi connectivity index (χ1) is 11.8. The van der Waals surface area contributed by atoms with E-state index in [1.54, 1.807) is 23.0 Å². The fourth-order valence-electron chi connectivity index (χ4n) is 2.31. The van der Waals surface area contributed by atoms with Gasteiger partial charge >= 0.3 is 10.2 Å². The van der Waals surface area contributed by atoms with Crippen molar-refractivity contribution in [2.24, 2.45) is 0 Å². The zero-order valence-electron chi connectivity index (χ0n) is 14.3. The van der Waals surface area contributed by atoms with Gasteiger partial charge in [0.25, 0.3) is 0 Å². The molecule has 0 unspecified atom stereocenters. The van der Waals surface area contributed by atoms with E-state index < -0.39 is 10.2 Å². The van der Waals surface area contributed by atoms with Gasteiger partial charge in [-0.25, -0.2) is 4.68 Å². The summed E-state index contributed by atoms with van der Waals surface area (Å²) in [6.45, 7) is 2.04. The first-order valence-electron chi connectivity index (χ1n) is 7.77. The Morgan fingerprint density at radius 3 is 2.44 bits per heavy atom. The minimum absolute atomic E-state index is 0.509. The van der Waals surface area contributed by atoms with E-state index in [0.717, 1.165) is 21.1 Å². The van der Waals surface area contributed by atoms with Crippen LogP contribution in [-0.4, -0.2) is 36.6 Å². The summed E-state index contributed by atoms with van der Waals surface area (Å²) in [5.74, 6) is 0. The standard InChI is InChI=1S/C18H20N4O2S/c1-14-7-9-18(10-8-14)22-13-16(12-19-22)15-5-4-6-17(11-15)20-25(23,24)21(2)3/h4-13,20H,1-3H3. The monoisotopic (exact) mass is 356 g/mol. The smallest absolute Gasteiger partial charge is 0.271 e. The van der Waals surface area contributed by atoms with Crippen molar-refractivity contribution in [3.63, 3.8) is 0 Å². The first-order valence-corrected chi connectivity index (χ1v) is 9.21. The molecule has 0 spiro atoms. The minimum Gasteiger partial charge on any atom is -0.271 e. The third kappa shape index (κ3) is 3.89. The second kappa shape index (κ2) is 6.70. The molecule has 0 saturated carbocycles. The molecule has 7 heteroatoms. The Kier molecular flexibility index (Phi) is 4.61. The lowest BCUT2D eigenvalue weighted by Crippen LogP contribution is -2.28. The Morgan fingerprint density at radius 1 is 1.04 bits per heavy atom. The summed E-state index contributed by atoms with van der Waals surface area (Å²) >= 11 is 0. The van der Waals surface area contributed by atoms with Crippen LogP contribution in [0.3, 0.4) is 0 Å². The van der Waals surface area contributed by atoms with Crippen molar-refractivity contribution in [3.8, 4) is 16.8 Å². The SMILES string of the molecule is Cc1ccc(-n2cc(-c3cccc(NS(=O)(=O)N(C)C)c3)cn2)cc1. The molecular formula is C18H20N4O2S. The van der Waals surface area contributed by atoms with Gasteiger partial charge in [-0.3, -0.25) is 4.72 Å². The summed E-state index contributed by atoms with van der Waals surface area (Å²) in [5.41, 5.74) is 4.47. The molecule has 1 heterocycles. The topological polar surface area (TPSA) is 67.2 Å². The maximum Gasteiger partial charge on any atom is 0.301 e. The number of hydrogen-bond donors (Lipinski definition) is 1. The van der Waals surface area contributed by atoms with Gasteiger partial charge in [0, 0.05) is 25.9 Å². The highest BCUT2D eigenvalue weighted by Gasteiger charge is 2.13. The molecule has 0 bridgehead atoms. The molecule has 3 rings (SSSR count). The van der Waals surface area contributed by atoms with Crippen LogP contribution in [0.25, 0.3) is 16.8 Å². The largest absolute Gasteiger partial charge is 0.301 e. The Bertz CT molecular complexity index is 976. The molecule has 0 saturated heterocycles. The molecule has 0 atom stereocenters. The molecule has 0 aliphatic carbocycles. The number of benzene rings is 2. The number of aryl methyl sites for hydroxylation is 1. The minimum atomic E-state index is -3.53. The number of nitrogens with zero attached hydrogens (tertiary/aromatic N) is 3. The molecule has 3 aromatic rings. The normalized spacial score (nSPS) is 11.7. The van der Waals surface area contributed by atoms with Gasteiger partial charge in [0.05, 0.1) is 17.6 Å². The predicted molar refractivity (Wildman–Crippen MR) is 100.0 cm³/mol. The van der Waals surface area contributed by atoms with Crippen LogP contribution >= 0.6 is 0 Å². The van der Waals surface area contributed by atoms with Crippen LogP contribution in [0.4, 0.5) is 5.69 Å². The quantitative estimate of drug-likeness (QED) is 0.764. The van der Waals surface area contributed by atoms with E-state index in [0.29, 0.717) is 5.69 Å². The van der Waals surface area contributed by atoms with Crippen LogP contribution in [0.1, 0.15) is 5.56 Å². The van der Waals surface area contributed by atoms with Gasteiger partial charge in [0.15, 0.2) is 0 Å². The Labute approximate surface area is 147 Å². The van der Waals surface area contributed by atoms with Gasteiger partial charge < -0.3 is 0 Å². The van der Waals surface area contributed by atoms with Crippen LogP contribution in [0.2, 0.25) is 0 Å². The fourth-order valence-corrected chi connectivity index (χ4v) is 2.92. The van der Waals surface area contributed by atoms with Crippen molar-refractivity contribution < 1.29 is 8.42 Å². The number of hydrogen-bond acceptors (Lipinski definition) is 3. The van der Waals surface area contributed by atoms with E-state index >= 15 is 0 Å². The van der Waals surface area contributed by atoms with Gasteiger partial charge in [-0.05, 0) is 36.8 Å². The average molecular weight is 356 g/mol. The highest BCUT2D eigenvalue weighted by atomic mass is 32.2. The summed E-state index contributed by atoms with van der Waals surface area (Å²) in [4.78, 5) is 0. The van der Waals surface area contributed by atoms with E-state index in [-0.39, 0.29) is 0 Å². The third-order valence-electron chi connectivity index (χ3n) is 3.80. The Morgan fingerprint density at radius 2 is 1.76 bits per heavy atom. The second-order valence-electron chi connectivity index (χ2n) is 5.98. The summed E-state index contributed by atoms with van der Waals surface area (Å²) < 4.78 is 29.4. The van der Waals surface area contributed by atoms with Gasteiger partial charge in [-0.15, -0.1) is 0 Å². The first kappa shape index (κ1) is 17.2. The van der Waals surface area contributed by atoms with Crippen molar-refractivity contribution in [2.45, 2.75) is 6.92 Å². The molecular weight excluding hydrogens is 336 g/mol. The molecule has 0 fully saturated rings. The molecule has 1 N–H and O–H groups in total. The van der Waals surface area contributed by atoms with Crippen molar-refractivity contribution in [1.29, 1.82) is 0 Å². The van der Waals surface area contributed by atoms with Crippen LogP contribution < -0.4 is 4.72 Å². The van der Waals surface area contributed by atoms with Gasteiger partial charge in [-0.2, -0.15) is 17.8 Å². The maximum atomic E-state index is 12.0. The van der Waals surface area contributed by atoms with E-state index in [2.05, 4.69) is 9.82 Å². The summed E-state index contributed by atoms with van der Waals surface area (Å²) in [5, 5.41) is 4.39. The van der Waals surface area contributed by atoms with Gasteiger partial charge in [0.1, 0.15) is 0 Å². The van der Waals surface area contributed by atoms with Gasteiger partial charge in [-0.1, -0.05) is 29.8 Å².